The second kappa shape index (κ2) is 6.40. The number of ether oxygens (including phenoxy) is 2. The number of methoxy groups -OCH3 is 1. The average Bonchev–Trinajstić information content (AvgIpc) is 2.29. The summed E-state index contributed by atoms with van der Waals surface area (Å²) in [5.41, 5.74) is 6.55. The van der Waals surface area contributed by atoms with Crippen LogP contribution in [0, 0.1) is 0 Å². The van der Waals surface area contributed by atoms with Gasteiger partial charge in [-0.1, -0.05) is 12.1 Å². The van der Waals surface area contributed by atoms with Crippen LogP contribution >= 0.6 is 0 Å². The van der Waals surface area contributed by atoms with E-state index in [1.807, 2.05) is 24.3 Å². The Morgan fingerprint density at radius 1 is 1.27 bits per heavy atom. The van der Waals surface area contributed by atoms with Crippen molar-refractivity contribution in [2.24, 2.45) is 5.73 Å². The van der Waals surface area contributed by atoms with Gasteiger partial charge in [0.2, 0.25) is 0 Å². The van der Waals surface area contributed by atoms with Crippen molar-refractivity contribution in [2.75, 3.05) is 26.9 Å². The summed E-state index contributed by atoms with van der Waals surface area (Å²) in [5.74, 6) is 0.779. The van der Waals surface area contributed by atoms with Gasteiger partial charge in [0.05, 0.1) is 19.3 Å². The van der Waals surface area contributed by atoms with Crippen LogP contribution in [-0.4, -0.2) is 32.0 Å². The van der Waals surface area contributed by atoms with Crippen molar-refractivity contribution in [1.82, 2.24) is 0 Å². The molecule has 4 heteroatoms. The molecule has 0 fully saturated rings. The van der Waals surface area contributed by atoms with Crippen molar-refractivity contribution < 1.29 is 14.6 Å². The number of hydrogen-bond acceptors (Lipinski definition) is 4. The number of hydrogen-bond donors (Lipinski definition) is 2. The Morgan fingerprint density at radius 3 is 2.47 bits per heavy atom. The van der Waals surface area contributed by atoms with Crippen LogP contribution in [0.2, 0.25) is 0 Å². The Hall–Kier alpha value is -1.10. The molecule has 0 radical (unpaired) electrons. The third-order valence-electron chi connectivity index (χ3n) is 2.06. The van der Waals surface area contributed by atoms with E-state index in [1.165, 1.54) is 0 Å². The van der Waals surface area contributed by atoms with Crippen LogP contribution in [0.5, 0.6) is 5.75 Å². The zero-order valence-electron chi connectivity index (χ0n) is 8.85. The second-order valence-corrected chi connectivity index (χ2v) is 3.20. The molecule has 1 aromatic rings. The lowest BCUT2D eigenvalue weighted by molar-refractivity contribution is 0.146. The third-order valence-corrected chi connectivity index (χ3v) is 2.06. The molecule has 0 unspecified atom stereocenters. The summed E-state index contributed by atoms with van der Waals surface area (Å²) < 4.78 is 10.3. The van der Waals surface area contributed by atoms with E-state index in [2.05, 4.69) is 0 Å². The van der Waals surface area contributed by atoms with E-state index < -0.39 is 0 Å². The maximum absolute atomic E-state index is 8.86. The molecule has 4 nitrogen and oxygen atoms in total. The zero-order valence-corrected chi connectivity index (χ0v) is 8.85. The molecule has 0 saturated carbocycles. The topological polar surface area (TPSA) is 64.7 Å². The second-order valence-electron chi connectivity index (χ2n) is 3.20. The molecule has 0 spiro atoms. The summed E-state index contributed by atoms with van der Waals surface area (Å²) >= 11 is 0. The minimum Gasteiger partial charge on any atom is -0.491 e. The van der Waals surface area contributed by atoms with Crippen molar-refractivity contribution >= 4 is 0 Å². The summed E-state index contributed by atoms with van der Waals surface area (Å²) in [6.45, 7) is 1.05. The molecule has 1 aromatic carbocycles. The molecule has 1 atom stereocenters. The van der Waals surface area contributed by atoms with Gasteiger partial charge in [0.1, 0.15) is 12.4 Å². The Balaban J connectivity index is 2.49. The maximum atomic E-state index is 8.86. The van der Waals surface area contributed by atoms with Gasteiger partial charge < -0.3 is 20.3 Å². The molecule has 3 N–H and O–H groups in total. The van der Waals surface area contributed by atoms with E-state index in [1.54, 1.807) is 7.11 Å². The fraction of sp³-hybridized carbons (Fsp3) is 0.455. The fourth-order valence-electron chi connectivity index (χ4n) is 1.16. The van der Waals surface area contributed by atoms with E-state index in [-0.39, 0.29) is 12.6 Å². The van der Waals surface area contributed by atoms with E-state index in [0.29, 0.717) is 13.2 Å². The number of aliphatic hydroxyl groups is 1. The molecule has 0 aromatic heterocycles. The highest BCUT2D eigenvalue weighted by molar-refractivity contribution is 5.29. The average molecular weight is 211 g/mol. The number of aliphatic hydroxyl groups excluding tert-OH is 1. The van der Waals surface area contributed by atoms with Crippen molar-refractivity contribution in [2.45, 2.75) is 6.04 Å². The highest BCUT2D eigenvalue weighted by Gasteiger charge is 2.03. The van der Waals surface area contributed by atoms with E-state index in [4.69, 9.17) is 20.3 Å². The van der Waals surface area contributed by atoms with Crippen molar-refractivity contribution in [3.63, 3.8) is 0 Å². The van der Waals surface area contributed by atoms with Crippen LogP contribution in [-0.2, 0) is 4.74 Å². The summed E-state index contributed by atoms with van der Waals surface area (Å²) in [7, 11) is 1.63. The van der Waals surface area contributed by atoms with Crippen LogP contribution in [0.3, 0.4) is 0 Å². The van der Waals surface area contributed by atoms with Crippen LogP contribution in [0.15, 0.2) is 24.3 Å². The fourth-order valence-corrected chi connectivity index (χ4v) is 1.16. The molecule has 0 aliphatic carbocycles. The minimum absolute atomic E-state index is 0.0517. The van der Waals surface area contributed by atoms with Gasteiger partial charge in [0.25, 0.3) is 0 Å². The first-order chi connectivity index (χ1) is 7.27. The molecule has 0 aliphatic rings. The van der Waals surface area contributed by atoms with Gasteiger partial charge in [0.15, 0.2) is 0 Å². The Morgan fingerprint density at radius 2 is 1.93 bits per heavy atom. The predicted octanol–water partition coefficient (Wildman–Crippen LogP) is 0.704. The van der Waals surface area contributed by atoms with Gasteiger partial charge in [-0.3, -0.25) is 0 Å². The third kappa shape index (κ3) is 3.87. The molecule has 0 heterocycles. The van der Waals surface area contributed by atoms with Crippen molar-refractivity contribution in [3.05, 3.63) is 29.8 Å². The Labute approximate surface area is 89.6 Å². The number of rotatable bonds is 6. The molecule has 0 amide bonds. The highest BCUT2D eigenvalue weighted by atomic mass is 16.5. The molecular formula is C11H17NO3. The highest BCUT2D eigenvalue weighted by Crippen LogP contribution is 2.15. The number of benzene rings is 1. The van der Waals surface area contributed by atoms with Gasteiger partial charge in [-0.15, -0.1) is 0 Å². The SMILES string of the molecule is COCCOc1ccc([C@@H](N)CO)cc1. The van der Waals surface area contributed by atoms with E-state index in [9.17, 15) is 0 Å². The predicted molar refractivity (Wildman–Crippen MR) is 57.8 cm³/mol. The molecule has 84 valence electrons. The van der Waals surface area contributed by atoms with Crippen LogP contribution in [0.1, 0.15) is 11.6 Å². The summed E-state index contributed by atoms with van der Waals surface area (Å²) in [5, 5.41) is 8.86. The molecular weight excluding hydrogens is 194 g/mol. The lowest BCUT2D eigenvalue weighted by Gasteiger charge is -2.10. The van der Waals surface area contributed by atoms with Gasteiger partial charge >= 0.3 is 0 Å². The lowest BCUT2D eigenvalue weighted by atomic mass is 10.1. The monoisotopic (exact) mass is 211 g/mol. The lowest BCUT2D eigenvalue weighted by Crippen LogP contribution is -2.14. The molecule has 15 heavy (non-hydrogen) atoms. The Kier molecular flexibility index (Phi) is 5.10. The number of nitrogens with two attached hydrogens (primary N) is 1. The smallest absolute Gasteiger partial charge is 0.119 e. The van der Waals surface area contributed by atoms with Crippen LogP contribution in [0.4, 0.5) is 0 Å². The standard InChI is InChI=1S/C11H17NO3/c1-14-6-7-15-10-4-2-9(3-5-10)11(12)8-13/h2-5,11,13H,6-8,12H2,1H3/t11-/m0/s1. The molecule has 0 saturated heterocycles. The maximum Gasteiger partial charge on any atom is 0.119 e. The first-order valence-corrected chi connectivity index (χ1v) is 4.86. The van der Waals surface area contributed by atoms with Gasteiger partial charge in [-0.2, -0.15) is 0 Å². The first-order valence-electron chi connectivity index (χ1n) is 4.86. The molecule has 0 aliphatic heterocycles. The van der Waals surface area contributed by atoms with Crippen LogP contribution in [0.25, 0.3) is 0 Å². The van der Waals surface area contributed by atoms with Crippen molar-refractivity contribution in [3.8, 4) is 5.75 Å². The Bertz CT molecular complexity index is 274. The largest absolute Gasteiger partial charge is 0.491 e. The summed E-state index contributed by atoms with van der Waals surface area (Å²) in [6.07, 6.45) is 0. The molecule has 0 bridgehead atoms. The van der Waals surface area contributed by atoms with Crippen LogP contribution < -0.4 is 10.5 Å². The van der Waals surface area contributed by atoms with Gasteiger partial charge in [-0.05, 0) is 17.7 Å². The minimum atomic E-state index is -0.321. The zero-order chi connectivity index (χ0) is 11.1. The quantitative estimate of drug-likeness (QED) is 0.680. The van der Waals surface area contributed by atoms with E-state index >= 15 is 0 Å². The first kappa shape index (κ1) is 12.0. The summed E-state index contributed by atoms with van der Waals surface area (Å²) in [4.78, 5) is 0. The van der Waals surface area contributed by atoms with Gasteiger partial charge in [0, 0.05) is 7.11 Å². The van der Waals surface area contributed by atoms with Crippen molar-refractivity contribution in [1.29, 1.82) is 0 Å². The normalized spacial score (nSPS) is 12.5. The summed E-state index contributed by atoms with van der Waals surface area (Å²) in [6, 6.07) is 7.05. The van der Waals surface area contributed by atoms with Gasteiger partial charge in [-0.25, -0.2) is 0 Å². The molecule has 1 rings (SSSR count). The van der Waals surface area contributed by atoms with E-state index in [0.717, 1.165) is 11.3 Å².